The Labute approximate surface area is 213 Å². The summed E-state index contributed by atoms with van der Waals surface area (Å²) in [5.74, 6) is 2.93. The highest BCUT2D eigenvalue weighted by molar-refractivity contribution is 6.28. The first kappa shape index (κ1) is 22.0. The third-order valence-corrected chi connectivity index (χ3v) is 7.64. The van der Waals surface area contributed by atoms with Crippen molar-refractivity contribution in [2.45, 2.75) is 31.7 Å². The molecule has 0 spiro atoms. The molecular weight excluding hydrogens is 478 g/mol. The van der Waals surface area contributed by atoms with E-state index in [1.165, 1.54) is 6.42 Å². The molecule has 3 aliphatic rings. The Morgan fingerprint density at radius 3 is 2.64 bits per heavy atom. The number of ether oxygens (including phenoxy) is 1. The molecule has 0 amide bonds. The summed E-state index contributed by atoms with van der Waals surface area (Å²) in [6.07, 6.45) is 6.15. The van der Waals surface area contributed by atoms with Gasteiger partial charge in [0.1, 0.15) is 17.5 Å². The minimum Gasteiger partial charge on any atom is -0.378 e. The lowest BCUT2D eigenvalue weighted by Gasteiger charge is -2.36. The quantitative estimate of drug-likeness (QED) is 0.386. The van der Waals surface area contributed by atoms with Crippen LogP contribution in [0.5, 0.6) is 0 Å². The first-order valence-electron chi connectivity index (χ1n) is 12.8. The minimum absolute atomic E-state index is 0.0693. The van der Waals surface area contributed by atoms with Gasteiger partial charge < -0.3 is 19.4 Å². The lowest BCUT2D eigenvalue weighted by Crippen LogP contribution is -2.40. The third-order valence-electron chi connectivity index (χ3n) is 7.47. The molecule has 1 atom stereocenters. The minimum atomic E-state index is 0.0693. The molecule has 4 aromatic heterocycles. The summed E-state index contributed by atoms with van der Waals surface area (Å²) in [6, 6.07) is 8.35. The van der Waals surface area contributed by atoms with Gasteiger partial charge in [0.2, 0.25) is 5.28 Å². The van der Waals surface area contributed by atoms with E-state index < -0.39 is 0 Å². The van der Waals surface area contributed by atoms with E-state index in [0.717, 1.165) is 99.4 Å². The van der Waals surface area contributed by atoms with Crippen molar-refractivity contribution in [2.24, 2.45) is 0 Å². The van der Waals surface area contributed by atoms with Gasteiger partial charge in [0.05, 0.1) is 30.3 Å². The second-order valence-electron chi connectivity index (χ2n) is 9.65. The Balaban J connectivity index is 1.33. The number of halogens is 1. The molecule has 36 heavy (non-hydrogen) atoms. The largest absolute Gasteiger partial charge is 0.378 e. The summed E-state index contributed by atoms with van der Waals surface area (Å²) in [5.41, 5.74) is 2.50. The van der Waals surface area contributed by atoms with Gasteiger partial charge in [-0.15, -0.1) is 0 Å². The van der Waals surface area contributed by atoms with Gasteiger partial charge in [-0.05, 0) is 49.4 Å². The number of nitrogens with zero attached hydrogens (tertiary/aromatic N) is 9. The van der Waals surface area contributed by atoms with E-state index in [9.17, 15) is 0 Å². The molecule has 0 radical (unpaired) electrons. The molecular formula is C25H28ClN9O. The highest BCUT2D eigenvalue weighted by Crippen LogP contribution is 2.38. The molecule has 11 heteroatoms. The summed E-state index contributed by atoms with van der Waals surface area (Å²) in [6.45, 7) is 6.13. The van der Waals surface area contributed by atoms with E-state index in [4.69, 9.17) is 26.4 Å². The lowest BCUT2D eigenvalue weighted by atomic mass is 9.99. The van der Waals surface area contributed by atoms with Crippen LogP contribution < -0.4 is 14.7 Å². The topological polar surface area (TPSA) is 87.8 Å². The van der Waals surface area contributed by atoms with Crippen LogP contribution in [-0.2, 0) is 4.74 Å². The van der Waals surface area contributed by atoms with Gasteiger partial charge in [0.15, 0.2) is 11.3 Å². The molecule has 0 aromatic carbocycles. The number of pyridine rings is 1. The van der Waals surface area contributed by atoms with Crippen LogP contribution >= 0.6 is 11.6 Å². The zero-order valence-electron chi connectivity index (χ0n) is 20.1. The molecule has 7 heterocycles. The molecule has 3 saturated heterocycles. The van der Waals surface area contributed by atoms with E-state index in [2.05, 4.69) is 41.8 Å². The van der Waals surface area contributed by atoms with Crippen molar-refractivity contribution in [1.82, 2.24) is 29.5 Å². The molecule has 10 nitrogen and oxygen atoms in total. The van der Waals surface area contributed by atoms with Gasteiger partial charge in [-0.2, -0.15) is 19.6 Å². The second kappa shape index (κ2) is 9.01. The van der Waals surface area contributed by atoms with Gasteiger partial charge in [-0.25, -0.2) is 9.97 Å². The molecule has 0 N–H and O–H groups in total. The SMILES string of the molecule is Clc1nc(N2CCCCC2c2cc3nc(N4CCC4)cc(N4CCOCC4)n3n2)c2cccnc2n1. The maximum Gasteiger partial charge on any atom is 0.226 e. The summed E-state index contributed by atoms with van der Waals surface area (Å²) >= 11 is 6.34. The van der Waals surface area contributed by atoms with Crippen molar-refractivity contribution in [2.75, 3.05) is 60.6 Å². The van der Waals surface area contributed by atoms with Crippen molar-refractivity contribution in [3.63, 3.8) is 0 Å². The van der Waals surface area contributed by atoms with Crippen LogP contribution in [0.15, 0.2) is 30.5 Å². The van der Waals surface area contributed by atoms with Crippen molar-refractivity contribution in [3.8, 4) is 0 Å². The summed E-state index contributed by atoms with van der Waals surface area (Å²) < 4.78 is 7.64. The van der Waals surface area contributed by atoms with Crippen molar-refractivity contribution in [3.05, 3.63) is 41.4 Å². The smallest absolute Gasteiger partial charge is 0.226 e. The van der Waals surface area contributed by atoms with Gasteiger partial charge >= 0.3 is 0 Å². The Morgan fingerprint density at radius 1 is 0.917 bits per heavy atom. The summed E-state index contributed by atoms with van der Waals surface area (Å²) in [7, 11) is 0. The number of fused-ring (bicyclic) bond motifs is 2. The Morgan fingerprint density at radius 2 is 1.81 bits per heavy atom. The zero-order chi connectivity index (χ0) is 24.1. The Hall–Kier alpha value is -3.24. The van der Waals surface area contributed by atoms with Crippen molar-refractivity contribution in [1.29, 1.82) is 0 Å². The first-order valence-corrected chi connectivity index (χ1v) is 13.2. The molecule has 4 aromatic rings. The highest BCUT2D eigenvalue weighted by atomic mass is 35.5. The maximum atomic E-state index is 6.34. The van der Waals surface area contributed by atoms with Crippen LogP contribution in [0.4, 0.5) is 17.5 Å². The first-order chi connectivity index (χ1) is 17.7. The molecule has 3 aliphatic heterocycles. The van der Waals surface area contributed by atoms with Gasteiger partial charge in [0, 0.05) is 51.1 Å². The summed E-state index contributed by atoms with van der Waals surface area (Å²) in [5, 5.41) is 6.27. The van der Waals surface area contributed by atoms with Crippen LogP contribution in [0.1, 0.15) is 37.4 Å². The predicted octanol–water partition coefficient (Wildman–Crippen LogP) is 3.50. The van der Waals surface area contributed by atoms with Gasteiger partial charge in [0.25, 0.3) is 0 Å². The molecule has 0 bridgehead atoms. The number of rotatable bonds is 4. The van der Waals surface area contributed by atoms with E-state index in [1.807, 2.05) is 16.6 Å². The predicted molar refractivity (Wildman–Crippen MR) is 139 cm³/mol. The van der Waals surface area contributed by atoms with E-state index in [-0.39, 0.29) is 11.3 Å². The maximum absolute atomic E-state index is 6.34. The van der Waals surface area contributed by atoms with Gasteiger partial charge in [-0.3, -0.25) is 0 Å². The van der Waals surface area contributed by atoms with Crippen LogP contribution in [0.3, 0.4) is 0 Å². The molecule has 7 rings (SSSR count). The number of aromatic nitrogens is 6. The highest BCUT2D eigenvalue weighted by Gasteiger charge is 2.31. The number of morpholine rings is 1. The Kier molecular flexibility index (Phi) is 5.50. The van der Waals surface area contributed by atoms with E-state index in [0.29, 0.717) is 5.65 Å². The number of hydrogen-bond acceptors (Lipinski definition) is 9. The van der Waals surface area contributed by atoms with Crippen LogP contribution in [-0.4, -0.2) is 75.5 Å². The molecule has 0 saturated carbocycles. The molecule has 0 aliphatic carbocycles. The van der Waals surface area contributed by atoms with Crippen LogP contribution in [0.2, 0.25) is 5.28 Å². The lowest BCUT2D eigenvalue weighted by molar-refractivity contribution is 0.122. The third kappa shape index (κ3) is 3.79. The molecule has 186 valence electrons. The zero-order valence-corrected chi connectivity index (χ0v) is 20.8. The van der Waals surface area contributed by atoms with Crippen LogP contribution in [0, 0.1) is 0 Å². The van der Waals surface area contributed by atoms with E-state index >= 15 is 0 Å². The number of hydrogen-bond donors (Lipinski definition) is 0. The Bertz CT molecular complexity index is 1420. The van der Waals surface area contributed by atoms with Crippen molar-refractivity contribution < 1.29 is 4.74 Å². The standard InChI is InChI=1S/C25H28ClN9O/c26-25-29-23-17(5-3-7-27-23)24(30-25)34-10-2-1-6-19(34)18-15-21-28-20(32-8-4-9-32)16-22(35(21)31-18)33-11-13-36-14-12-33/h3,5,7,15-16,19H,1-2,4,6,8-14H2. The fraction of sp³-hybridized carbons (Fsp3) is 0.480. The normalized spacial score (nSPS) is 20.8. The fourth-order valence-corrected chi connectivity index (χ4v) is 5.64. The molecule has 3 fully saturated rings. The average molecular weight is 506 g/mol. The number of anilines is 3. The summed E-state index contributed by atoms with van der Waals surface area (Å²) in [4.78, 5) is 25.5. The van der Waals surface area contributed by atoms with E-state index in [1.54, 1.807) is 6.20 Å². The fourth-order valence-electron chi connectivity index (χ4n) is 5.48. The average Bonchev–Trinajstić information content (AvgIpc) is 3.31. The van der Waals surface area contributed by atoms with Crippen LogP contribution in [0.25, 0.3) is 16.7 Å². The molecule has 1 unspecified atom stereocenters. The van der Waals surface area contributed by atoms with Crippen molar-refractivity contribution >= 4 is 45.7 Å². The van der Waals surface area contributed by atoms with Gasteiger partial charge in [-0.1, -0.05) is 0 Å². The number of piperidine rings is 1. The monoisotopic (exact) mass is 505 g/mol. The second-order valence-corrected chi connectivity index (χ2v) is 9.99.